The molecule has 0 radical (unpaired) electrons. The van der Waals surface area contributed by atoms with Gasteiger partial charge in [-0.25, -0.2) is 4.98 Å². The molecule has 0 spiro atoms. The Hall–Kier alpha value is -1.62. The minimum atomic E-state index is 0.794. The number of rotatable bonds is 5. The van der Waals surface area contributed by atoms with Crippen molar-refractivity contribution in [1.29, 1.82) is 0 Å². The van der Waals surface area contributed by atoms with Gasteiger partial charge in [0.15, 0.2) is 0 Å². The van der Waals surface area contributed by atoms with E-state index >= 15 is 0 Å². The zero-order valence-electron chi connectivity index (χ0n) is 10.8. The van der Waals surface area contributed by atoms with Crippen LogP contribution in [-0.4, -0.2) is 16.4 Å². The van der Waals surface area contributed by atoms with Crippen LogP contribution in [-0.2, 0) is 13.0 Å². The number of hydrogen-bond acceptors (Lipinski definition) is 5. The molecule has 2 rings (SSSR count). The molecular weight excluding hydrogens is 244 g/mol. The second-order valence-corrected chi connectivity index (χ2v) is 5.07. The average Bonchev–Trinajstić information content (AvgIpc) is 2.81. The predicted octanol–water partition coefficient (Wildman–Crippen LogP) is 2.71. The van der Waals surface area contributed by atoms with Gasteiger partial charge in [-0.2, -0.15) is 4.37 Å². The number of nitrogen functional groups attached to an aromatic ring is 1. The maximum absolute atomic E-state index is 5.67. The van der Waals surface area contributed by atoms with Gasteiger partial charge in [0.2, 0.25) is 5.13 Å². The molecule has 1 aromatic heterocycles. The molecule has 0 saturated heterocycles. The fraction of sp³-hybridized carbons (Fsp3) is 0.385. The van der Waals surface area contributed by atoms with E-state index in [1.165, 1.54) is 17.1 Å². The van der Waals surface area contributed by atoms with Gasteiger partial charge in [-0.15, -0.1) is 0 Å². The summed E-state index contributed by atoms with van der Waals surface area (Å²) >= 11 is 1.46. The lowest BCUT2D eigenvalue weighted by molar-refractivity contribution is 0.846. The van der Waals surface area contributed by atoms with Gasteiger partial charge in [-0.1, -0.05) is 19.1 Å². The van der Waals surface area contributed by atoms with Crippen molar-refractivity contribution < 1.29 is 0 Å². The lowest BCUT2D eigenvalue weighted by Crippen LogP contribution is -2.16. The van der Waals surface area contributed by atoms with Crippen molar-refractivity contribution in [3.8, 4) is 0 Å². The highest BCUT2D eigenvalue weighted by Gasteiger charge is 2.08. The van der Waals surface area contributed by atoms with Crippen LogP contribution < -0.4 is 10.6 Å². The zero-order valence-corrected chi connectivity index (χ0v) is 11.6. The van der Waals surface area contributed by atoms with E-state index in [0.717, 1.165) is 36.0 Å². The number of benzene rings is 1. The molecule has 5 heteroatoms. The van der Waals surface area contributed by atoms with Crippen LogP contribution in [0.5, 0.6) is 0 Å². The molecule has 0 aliphatic heterocycles. The van der Waals surface area contributed by atoms with Gasteiger partial charge in [0.05, 0.1) is 0 Å². The van der Waals surface area contributed by atoms with Gasteiger partial charge < -0.3 is 10.6 Å². The fourth-order valence-electron chi connectivity index (χ4n) is 1.69. The van der Waals surface area contributed by atoms with Crippen LogP contribution in [0.2, 0.25) is 0 Å². The predicted molar refractivity (Wildman–Crippen MR) is 76.9 cm³/mol. The Labute approximate surface area is 112 Å². The van der Waals surface area contributed by atoms with E-state index in [4.69, 9.17) is 5.73 Å². The number of nitrogens with zero attached hydrogens (tertiary/aromatic N) is 3. The molecule has 18 heavy (non-hydrogen) atoms. The van der Waals surface area contributed by atoms with Crippen molar-refractivity contribution in [3.63, 3.8) is 0 Å². The molecule has 0 fully saturated rings. The summed E-state index contributed by atoms with van der Waals surface area (Å²) in [5, 5.41) is 0.968. The molecule has 1 heterocycles. The Morgan fingerprint density at radius 3 is 2.67 bits per heavy atom. The van der Waals surface area contributed by atoms with Crippen molar-refractivity contribution in [2.24, 2.45) is 0 Å². The van der Waals surface area contributed by atoms with E-state index in [0.29, 0.717) is 0 Å². The summed E-state index contributed by atoms with van der Waals surface area (Å²) < 4.78 is 4.35. The summed E-state index contributed by atoms with van der Waals surface area (Å²) in [6, 6.07) is 7.93. The van der Waals surface area contributed by atoms with Crippen LogP contribution >= 0.6 is 11.5 Å². The van der Waals surface area contributed by atoms with E-state index < -0.39 is 0 Å². The van der Waals surface area contributed by atoms with Crippen molar-refractivity contribution in [3.05, 3.63) is 35.7 Å². The van der Waals surface area contributed by atoms with E-state index in [2.05, 4.69) is 21.2 Å². The van der Waals surface area contributed by atoms with Crippen LogP contribution in [0.25, 0.3) is 0 Å². The summed E-state index contributed by atoms with van der Waals surface area (Å²) in [6.07, 6.45) is 2.03. The highest BCUT2D eigenvalue weighted by atomic mass is 32.1. The third-order valence-electron chi connectivity index (χ3n) is 2.66. The van der Waals surface area contributed by atoms with Crippen LogP contribution in [0.3, 0.4) is 0 Å². The molecule has 0 bridgehead atoms. The third-order valence-corrected chi connectivity index (χ3v) is 3.53. The Bertz CT molecular complexity index is 492. The highest BCUT2D eigenvalue weighted by Crippen LogP contribution is 2.19. The SMILES string of the molecule is CCCc1nsc(N(C)Cc2ccc(N)cc2)n1. The molecule has 2 aromatic rings. The van der Waals surface area contributed by atoms with E-state index in [9.17, 15) is 0 Å². The summed E-state index contributed by atoms with van der Waals surface area (Å²) in [4.78, 5) is 6.64. The maximum atomic E-state index is 5.67. The van der Waals surface area contributed by atoms with Gasteiger partial charge in [0.1, 0.15) is 5.82 Å². The minimum Gasteiger partial charge on any atom is -0.399 e. The molecule has 0 atom stereocenters. The van der Waals surface area contributed by atoms with Gasteiger partial charge in [-0.3, -0.25) is 0 Å². The Morgan fingerprint density at radius 1 is 1.28 bits per heavy atom. The van der Waals surface area contributed by atoms with Crippen molar-refractivity contribution in [1.82, 2.24) is 9.36 Å². The number of anilines is 2. The average molecular weight is 262 g/mol. The number of aryl methyl sites for hydroxylation is 1. The van der Waals surface area contributed by atoms with E-state index in [1.807, 2.05) is 31.3 Å². The van der Waals surface area contributed by atoms with Gasteiger partial charge >= 0.3 is 0 Å². The molecule has 0 amide bonds. The first-order valence-corrected chi connectivity index (χ1v) is 6.84. The summed E-state index contributed by atoms with van der Waals surface area (Å²) in [6.45, 7) is 2.96. The monoisotopic (exact) mass is 262 g/mol. The van der Waals surface area contributed by atoms with Crippen LogP contribution in [0.1, 0.15) is 24.7 Å². The molecular formula is C13H18N4S. The maximum Gasteiger partial charge on any atom is 0.205 e. The Kier molecular flexibility index (Phi) is 4.15. The van der Waals surface area contributed by atoms with E-state index in [-0.39, 0.29) is 0 Å². The Morgan fingerprint density at radius 2 is 2.00 bits per heavy atom. The molecule has 2 N–H and O–H groups in total. The normalized spacial score (nSPS) is 10.6. The molecule has 96 valence electrons. The van der Waals surface area contributed by atoms with Crippen LogP contribution in [0, 0.1) is 0 Å². The van der Waals surface area contributed by atoms with Crippen LogP contribution in [0.15, 0.2) is 24.3 Å². The summed E-state index contributed by atoms with van der Waals surface area (Å²) in [5.74, 6) is 0.946. The fourth-order valence-corrected chi connectivity index (χ4v) is 2.36. The van der Waals surface area contributed by atoms with Crippen molar-refractivity contribution in [2.75, 3.05) is 17.7 Å². The molecule has 0 saturated carbocycles. The molecule has 4 nitrogen and oxygen atoms in total. The Balaban J connectivity index is 2.02. The molecule has 0 unspecified atom stereocenters. The lowest BCUT2D eigenvalue weighted by atomic mass is 10.2. The second-order valence-electron chi connectivity index (χ2n) is 4.34. The van der Waals surface area contributed by atoms with E-state index in [1.54, 1.807) is 0 Å². The number of nitrogens with two attached hydrogens (primary N) is 1. The number of hydrogen-bond donors (Lipinski definition) is 1. The minimum absolute atomic E-state index is 0.794. The van der Waals surface area contributed by atoms with Gasteiger partial charge in [0.25, 0.3) is 0 Å². The lowest BCUT2D eigenvalue weighted by Gasteiger charge is -2.15. The first-order chi connectivity index (χ1) is 8.69. The summed E-state index contributed by atoms with van der Waals surface area (Å²) in [7, 11) is 2.03. The van der Waals surface area contributed by atoms with Crippen LogP contribution in [0.4, 0.5) is 10.8 Å². The quantitative estimate of drug-likeness (QED) is 0.842. The smallest absolute Gasteiger partial charge is 0.205 e. The topological polar surface area (TPSA) is 55.0 Å². The second kappa shape index (κ2) is 5.82. The first kappa shape index (κ1) is 12.8. The van der Waals surface area contributed by atoms with Crippen molar-refractivity contribution >= 4 is 22.4 Å². The molecule has 0 aliphatic rings. The molecule has 0 aliphatic carbocycles. The zero-order chi connectivity index (χ0) is 13.0. The summed E-state index contributed by atoms with van der Waals surface area (Å²) in [5.41, 5.74) is 7.69. The van der Waals surface area contributed by atoms with Gasteiger partial charge in [0, 0.05) is 37.2 Å². The first-order valence-electron chi connectivity index (χ1n) is 6.07. The standard InChI is InChI=1S/C13H18N4S/c1-3-4-12-15-13(18-16-12)17(2)9-10-5-7-11(14)8-6-10/h5-8H,3-4,9,14H2,1-2H3. The molecule has 1 aromatic carbocycles. The van der Waals surface area contributed by atoms with Crippen molar-refractivity contribution in [2.45, 2.75) is 26.3 Å². The van der Waals surface area contributed by atoms with Gasteiger partial charge in [-0.05, 0) is 24.1 Å². The largest absolute Gasteiger partial charge is 0.399 e. The number of aromatic nitrogens is 2. The third kappa shape index (κ3) is 3.20. The highest BCUT2D eigenvalue weighted by molar-refractivity contribution is 7.09.